The van der Waals surface area contributed by atoms with Gasteiger partial charge in [-0.25, -0.2) is 14.8 Å². The van der Waals surface area contributed by atoms with Gasteiger partial charge < -0.3 is 10.4 Å². The highest BCUT2D eigenvalue weighted by molar-refractivity contribution is 7.19. The van der Waals surface area contributed by atoms with Crippen LogP contribution in [0.15, 0.2) is 24.5 Å². The van der Waals surface area contributed by atoms with Gasteiger partial charge in [-0.3, -0.25) is 0 Å². The van der Waals surface area contributed by atoms with Gasteiger partial charge in [-0.1, -0.05) is 32.4 Å². The Morgan fingerprint density at radius 3 is 2.82 bits per heavy atom. The SMILES string of the molecule is CC(C)(C)C1CCc2c(sc3ncnc(Nc4ccc(Cl)c(C(=O)O)c4)c23)C1. The lowest BCUT2D eigenvalue weighted by Gasteiger charge is -2.33. The summed E-state index contributed by atoms with van der Waals surface area (Å²) in [5.41, 5.74) is 2.33. The smallest absolute Gasteiger partial charge is 0.337 e. The zero-order valence-corrected chi connectivity index (χ0v) is 17.6. The van der Waals surface area contributed by atoms with Crippen LogP contribution in [0.1, 0.15) is 48.0 Å². The fraction of sp³-hybridized carbons (Fsp3) is 0.381. The standard InChI is InChI=1S/C21H22ClN3O2S/c1-21(2,3)11-4-6-13-16(8-11)28-19-17(13)18(23-10-24-19)25-12-5-7-15(22)14(9-12)20(26)27/h5,7,9-11H,4,6,8H2,1-3H3,(H,26,27)(H,23,24,25). The Morgan fingerprint density at radius 1 is 1.32 bits per heavy atom. The topological polar surface area (TPSA) is 75.1 Å². The molecular weight excluding hydrogens is 394 g/mol. The fourth-order valence-corrected chi connectivity index (χ4v) is 5.31. The first-order valence-corrected chi connectivity index (χ1v) is 10.5. The molecule has 0 spiro atoms. The van der Waals surface area contributed by atoms with Crippen LogP contribution >= 0.6 is 22.9 Å². The number of aromatic nitrogens is 2. The van der Waals surface area contributed by atoms with Crippen LogP contribution in [-0.2, 0) is 12.8 Å². The summed E-state index contributed by atoms with van der Waals surface area (Å²) >= 11 is 7.73. The van der Waals surface area contributed by atoms with Crippen molar-refractivity contribution in [2.75, 3.05) is 5.32 Å². The average Bonchev–Trinajstić information content (AvgIpc) is 3.01. The van der Waals surface area contributed by atoms with Crippen molar-refractivity contribution in [3.8, 4) is 0 Å². The average molecular weight is 416 g/mol. The number of aromatic carboxylic acids is 1. The first kappa shape index (κ1) is 19.2. The summed E-state index contributed by atoms with van der Waals surface area (Å²) in [6.45, 7) is 6.93. The molecule has 0 fully saturated rings. The molecule has 2 aromatic heterocycles. The Morgan fingerprint density at radius 2 is 2.11 bits per heavy atom. The van der Waals surface area contributed by atoms with Gasteiger partial charge in [-0.2, -0.15) is 0 Å². The summed E-state index contributed by atoms with van der Waals surface area (Å²) in [7, 11) is 0. The molecule has 3 aromatic rings. The van der Waals surface area contributed by atoms with Gasteiger partial charge in [-0.15, -0.1) is 11.3 Å². The number of aryl methyl sites for hydroxylation is 1. The molecule has 2 N–H and O–H groups in total. The van der Waals surface area contributed by atoms with Gasteiger partial charge in [0.2, 0.25) is 0 Å². The van der Waals surface area contributed by atoms with Gasteiger partial charge in [-0.05, 0) is 54.4 Å². The maximum atomic E-state index is 11.4. The first-order valence-electron chi connectivity index (χ1n) is 9.29. The minimum absolute atomic E-state index is 0.0670. The normalized spacial score (nSPS) is 16.8. The molecule has 0 radical (unpaired) electrons. The van der Waals surface area contributed by atoms with Crippen molar-refractivity contribution in [1.82, 2.24) is 9.97 Å². The van der Waals surface area contributed by atoms with E-state index < -0.39 is 5.97 Å². The zero-order valence-electron chi connectivity index (χ0n) is 16.0. The largest absolute Gasteiger partial charge is 0.478 e. The lowest BCUT2D eigenvalue weighted by Crippen LogP contribution is -2.26. The number of fused-ring (bicyclic) bond motifs is 3. The number of nitrogens with one attached hydrogen (secondary N) is 1. The molecule has 7 heteroatoms. The molecule has 146 valence electrons. The third-order valence-corrected chi connectivity index (χ3v) is 7.02. The van der Waals surface area contributed by atoms with Gasteiger partial charge >= 0.3 is 5.97 Å². The van der Waals surface area contributed by atoms with Crippen LogP contribution in [-0.4, -0.2) is 21.0 Å². The lowest BCUT2D eigenvalue weighted by molar-refractivity contribution is 0.0697. The summed E-state index contributed by atoms with van der Waals surface area (Å²) in [5.74, 6) is 0.324. The second-order valence-electron chi connectivity index (χ2n) is 8.34. The van der Waals surface area contributed by atoms with Crippen LogP contribution in [0.5, 0.6) is 0 Å². The number of hydrogen-bond acceptors (Lipinski definition) is 5. The zero-order chi connectivity index (χ0) is 20.1. The van der Waals surface area contributed by atoms with Crippen molar-refractivity contribution in [2.45, 2.75) is 40.0 Å². The molecule has 1 aromatic carbocycles. The van der Waals surface area contributed by atoms with E-state index in [1.54, 1.807) is 29.8 Å². The third-order valence-electron chi connectivity index (χ3n) is 5.53. The number of hydrogen-bond donors (Lipinski definition) is 2. The van der Waals surface area contributed by atoms with Gasteiger partial charge in [0.15, 0.2) is 0 Å². The molecule has 1 aliphatic carbocycles. The summed E-state index contributed by atoms with van der Waals surface area (Å²) < 4.78 is 0. The van der Waals surface area contributed by atoms with Crippen LogP contribution < -0.4 is 5.32 Å². The highest BCUT2D eigenvalue weighted by atomic mass is 35.5. The van der Waals surface area contributed by atoms with E-state index in [4.69, 9.17) is 11.6 Å². The maximum Gasteiger partial charge on any atom is 0.337 e. The predicted octanol–water partition coefficient (Wildman–Crippen LogP) is 5.94. The second kappa shape index (κ2) is 7.01. The first-order chi connectivity index (χ1) is 13.2. The van der Waals surface area contributed by atoms with E-state index in [1.807, 2.05) is 0 Å². The van der Waals surface area contributed by atoms with Crippen molar-refractivity contribution < 1.29 is 9.90 Å². The van der Waals surface area contributed by atoms with Gasteiger partial charge in [0, 0.05) is 10.6 Å². The van der Waals surface area contributed by atoms with Crippen molar-refractivity contribution >= 4 is 50.6 Å². The molecule has 0 saturated heterocycles. The number of rotatable bonds is 3. The Labute approximate surface area is 172 Å². The Bertz CT molecular complexity index is 1070. The number of carbonyl (C=O) groups is 1. The van der Waals surface area contributed by atoms with E-state index in [1.165, 1.54) is 16.5 Å². The van der Waals surface area contributed by atoms with Crippen LogP contribution in [0.3, 0.4) is 0 Å². The summed E-state index contributed by atoms with van der Waals surface area (Å²) in [5, 5.41) is 13.9. The van der Waals surface area contributed by atoms with E-state index >= 15 is 0 Å². The van der Waals surface area contributed by atoms with Crippen LogP contribution in [0, 0.1) is 11.3 Å². The minimum Gasteiger partial charge on any atom is -0.478 e. The van der Waals surface area contributed by atoms with Crippen molar-refractivity contribution in [2.24, 2.45) is 11.3 Å². The molecule has 1 unspecified atom stereocenters. The summed E-state index contributed by atoms with van der Waals surface area (Å²) in [6, 6.07) is 4.88. The van der Waals surface area contributed by atoms with Crippen LogP contribution in [0.25, 0.3) is 10.2 Å². The lowest BCUT2D eigenvalue weighted by atomic mass is 9.72. The van der Waals surface area contributed by atoms with E-state index in [0.29, 0.717) is 11.6 Å². The molecule has 28 heavy (non-hydrogen) atoms. The van der Waals surface area contributed by atoms with Crippen molar-refractivity contribution in [3.63, 3.8) is 0 Å². The number of benzene rings is 1. The fourth-order valence-electron chi connectivity index (χ4n) is 3.85. The number of thiophene rings is 1. The molecule has 1 atom stereocenters. The Balaban J connectivity index is 1.73. The predicted molar refractivity (Wildman–Crippen MR) is 114 cm³/mol. The number of anilines is 2. The number of carboxylic acids is 1. The number of nitrogens with zero attached hydrogens (tertiary/aromatic N) is 2. The highest BCUT2D eigenvalue weighted by Gasteiger charge is 2.31. The highest BCUT2D eigenvalue weighted by Crippen LogP contribution is 2.44. The van der Waals surface area contributed by atoms with Gasteiger partial charge in [0.1, 0.15) is 17.0 Å². The quantitative estimate of drug-likeness (QED) is 0.553. The number of carboxylic acid groups (broad SMARTS) is 1. The molecule has 5 nitrogen and oxygen atoms in total. The monoisotopic (exact) mass is 415 g/mol. The molecule has 2 heterocycles. The van der Waals surface area contributed by atoms with E-state index in [2.05, 4.69) is 36.1 Å². The van der Waals surface area contributed by atoms with E-state index in [9.17, 15) is 9.90 Å². The molecule has 0 bridgehead atoms. The Kier molecular flexibility index (Phi) is 4.79. The van der Waals surface area contributed by atoms with E-state index in [0.717, 1.165) is 35.3 Å². The van der Waals surface area contributed by atoms with E-state index in [-0.39, 0.29) is 16.0 Å². The van der Waals surface area contributed by atoms with Crippen molar-refractivity contribution in [3.05, 3.63) is 45.6 Å². The molecule has 1 aliphatic rings. The summed E-state index contributed by atoms with van der Waals surface area (Å²) in [4.78, 5) is 22.7. The Hall–Kier alpha value is -2.18. The molecule has 0 saturated carbocycles. The van der Waals surface area contributed by atoms with Crippen LogP contribution in [0.4, 0.5) is 11.5 Å². The molecule has 0 amide bonds. The summed E-state index contributed by atoms with van der Waals surface area (Å²) in [6.07, 6.45) is 4.80. The maximum absolute atomic E-state index is 11.4. The van der Waals surface area contributed by atoms with Gasteiger partial charge in [0.25, 0.3) is 0 Å². The molecule has 4 rings (SSSR count). The van der Waals surface area contributed by atoms with Gasteiger partial charge in [0.05, 0.1) is 16.0 Å². The number of halogens is 1. The van der Waals surface area contributed by atoms with Crippen LogP contribution in [0.2, 0.25) is 5.02 Å². The minimum atomic E-state index is -1.05. The third kappa shape index (κ3) is 3.47. The molecule has 0 aliphatic heterocycles. The van der Waals surface area contributed by atoms with Crippen molar-refractivity contribution in [1.29, 1.82) is 0 Å². The second-order valence-corrected chi connectivity index (χ2v) is 9.83. The molecular formula is C21H22ClN3O2S.